The monoisotopic (exact) mass is 492 g/mol. The first-order chi connectivity index (χ1) is 17.7. The van der Waals surface area contributed by atoms with E-state index in [0.717, 1.165) is 51.2 Å². The molecule has 1 N–H and O–H groups in total. The van der Waals surface area contributed by atoms with Gasteiger partial charge in [-0.25, -0.2) is 4.79 Å². The molecule has 1 aliphatic rings. The van der Waals surface area contributed by atoms with Gasteiger partial charge in [0, 0.05) is 11.3 Å². The first kappa shape index (κ1) is 24.5. The highest BCUT2D eigenvalue weighted by molar-refractivity contribution is 6.01. The minimum Gasteiger partial charge on any atom is -0.334 e. The summed E-state index contributed by atoms with van der Waals surface area (Å²) in [5, 5.41) is 7.52. The van der Waals surface area contributed by atoms with Crippen LogP contribution >= 0.6 is 0 Å². The number of amides is 2. The van der Waals surface area contributed by atoms with E-state index >= 15 is 0 Å². The molecule has 1 unspecified atom stereocenters. The van der Waals surface area contributed by atoms with Gasteiger partial charge in [0.2, 0.25) is 5.82 Å². The molecule has 2 amide bonds. The maximum atomic E-state index is 13.5. The fourth-order valence-corrected chi connectivity index (χ4v) is 4.94. The Morgan fingerprint density at radius 2 is 1.59 bits per heavy atom. The van der Waals surface area contributed by atoms with Gasteiger partial charge < -0.3 is 9.84 Å². The first-order valence-electron chi connectivity index (χ1n) is 12.7. The second kappa shape index (κ2) is 9.69. The van der Waals surface area contributed by atoms with Crippen LogP contribution in [0, 0.1) is 27.7 Å². The highest BCUT2D eigenvalue weighted by Crippen LogP contribution is 2.39. The summed E-state index contributed by atoms with van der Waals surface area (Å²) in [5.74, 6) is 0.913. The van der Waals surface area contributed by atoms with Gasteiger partial charge in [-0.3, -0.25) is 4.90 Å². The fourth-order valence-electron chi connectivity index (χ4n) is 4.94. The van der Waals surface area contributed by atoms with Gasteiger partial charge in [-0.1, -0.05) is 60.6 Å². The molecule has 0 saturated carbocycles. The number of nitrogens with one attached hydrogen (secondary N) is 1. The number of allylic oxidation sites excluding steroid dienone is 1. The fraction of sp³-hybridized carbons (Fsp3) is 0.258. The van der Waals surface area contributed by atoms with E-state index in [4.69, 9.17) is 9.51 Å². The standard InChI is InChI=1S/C31H32N4O2/c1-7-23-9-12-24(13-10-23)29-33-30(37-34-29)27-22(6)35(26-15-18(2)14-19(3)16-26)31(36)32-28(27)25-11-8-20(4)21(5)17-25/h8-17,28H,7H2,1-6H3,(H,32,36). The smallest absolute Gasteiger partial charge is 0.326 e. The molecule has 6 heteroatoms. The van der Waals surface area contributed by atoms with Crippen molar-refractivity contribution >= 4 is 17.3 Å². The summed E-state index contributed by atoms with van der Waals surface area (Å²) < 4.78 is 5.86. The molecule has 0 saturated heterocycles. The Balaban J connectivity index is 1.66. The van der Waals surface area contributed by atoms with Crippen LogP contribution in [0.15, 0.2) is 70.9 Å². The van der Waals surface area contributed by atoms with Gasteiger partial charge in [-0.05, 0) is 86.6 Å². The molecule has 4 aromatic rings. The molecule has 0 spiro atoms. The van der Waals surface area contributed by atoms with Crippen LogP contribution in [0.5, 0.6) is 0 Å². The molecule has 0 bridgehead atoms. The van der Waals surface area contributed by atoms with E-state index in [1.165, 1.54) is 11.1 Å². The first-order valence-corrected chi connectivity index (χ1v) is 12.7. The Hall–Kier alpha value is -4.19. The van der Waals surface area contributed by atoms with Gasteiger partial charge in [0.1, 0.15) is 0 Å². The zero-order valence-electron chi connectivity index (χ0n) is 22.2. The molecule has 1 atom stereocenters. The average molecular weight is 493 g/mol. The Kier molecular flexibility index (Phi) is 6.42. The van der Waals surface area contributed by atoms with Crippen molar-refractivity contribution < 1.29 is 9.32 Å². The van der Waals surface area contributed by atoms with Crippen molar-refractivity contribution in [2.75, 3.05) is 4.90 Å². The highest BCUT2D eigenvalue weighted by Gasteiger charge is 2.36. The summed E-state index contributed by atoms with van der Waals surface area (Å²) in [7, 11) is 0. The third-order valence-electron chi connectivity index (χ3n) is 7.09. The Morgan fingerprint density at radius 1 is 0.892 bits per heavy atom. The Labute approximate surface area is 218 Å². The number of nitrogens with zero attached hydrogens (tertiary/aromatic N) is 3. The van der Waals surface area contributed by atoms with Crippen LogP contribution in [0.2, 0.25) is 0 Å². The third kappa shape index (κ3) is 4.67. The van der Waals surface area contributed by atoms with E-state index < -0.39 is 6.04 Å². The number of benzene rings is 3. The maximum absolute atomic E-state index is 13.5. The molecular formula is C31H32N4O2. The van der Waals surface area contributed by atoms with Crippen molar-refractivity contribution in [3.63, 3.8) is 0 Å². The van der Waals surface area contributed by atoms with Crippen LogP contribution < -0.4 is 10.2 Å². The molecule has 0 aliphatic carbocycles. The van der Waals surface area contributed by atoms with E-state index in [1.54, 1.807) is 4.90 Å². The molecule has 3 aromatic carbocycles. The van der Waals surface area contributed by atoms with Crippen molar-refractivity contribution in [1.29, 1.82) is 0 Å². The van der Waals surface area contributed by atoms with Crippen LogP contribution in [0.25, 0.3) is 17.0 Å². The molecule has 1 aliphatic heterocycles. The van der Waals surface area contributed by atoms with E-state index in [-0.39, 0.29) is 6.03 Å². The van der Waals surface area contributed by atoms with Gasteiger partial charge in [0.15, 0.2) is 0 Å². The Morgan fingerprint density at radius 3 is 2.24 bits per heavy atom. The van der Waals surface area contributed by atoms with Gasteiger partial charge in [0.05, 0.1) is 17.3 Å². The minimum atomic E-state index is -0.426. The molecule has 188 valence electrons. The number of hydrogen-bond acceptors (Lipinski definition) is 4. The summed E-state index contributed by atoms with van der Waals surface area (Å²) in [6, 6.07) is 19.9. The van der Waals surface area contributed by atoms with Crippen LogP contribution in [-0.4, -0.2) is 16.2 Å². The molecule has 0 fully saturated rings. The van der Waals surface area contributed by atoms with Gasteiger partial charge >= 0.3 is 6.03 Å². The van der Waals surface area contributed by atoms with Crippen LogP contribution in [0.1, 0.15) is 59.2 Å². The summed E-state index contributed by atoms with van der Waals surface area (Å²) in [6.45, 7) is 12.3. The lowest BCUT2D eigenvalue weighted by molar-refractivity contribution is 0.244. The molecule has 6 nitrogen and oxygen atoms in total. The van der Waals surface area contributed by atoms with Crippen molar-refractivity contribution in [2.24, 2.45) is 0 Å². The SMILES string of the molecule is CCc1ccc(-c2noc(C3=C(C)N(c4cc(C)cc(C)c4)C(=O)NC3c3ccc(C)c(C)c3)n2)cc1. The van der Waals surface area contributed by atoms with Crippen LogP contribution in [-0.2, 0) is 6.42 Å². The minimum absolute atomic E-state index is 0.190. The number of carbonyl (C=O) groups excluding carboxylic acids is 1. The molecule has 5 rings (SSSR count). The van der Waals surface area contributed by atoms with Crippen LogP contribution in [0.4, 0.5) is 10.5 Å². The van der Waals surface area contributed by atoms with E-state index in [2.05, 4.69) is 61.6 Å². The second-order valence-electron chi connectivity index (χ2n) is 9.88. The number of aromatic nitrogens is 2. The summed E-state index contributed by atoms with van der Waals surface area (Å²) in [4.78, 5) is 20.0. The molecule has 2 heterocycles. The summed E-state index contributed by atoms with van der Waals surface area (Å²) in [5.41, 5.74) is 9.98. The number of urea groups is 1. The summed E-state index contributed by atoms with van der Waals surface area (Å²) >= 11 is 0. The number of hydrogen-bond donors (Lipinski definition) is 1. The number of rotatable bonds is 5. The zero-order valence-corrected chi connectivity index (χ0v) is 22.2. The average Bonchev–Trinajstić information content (AvgIpc) is 3.34. The normalized spacial score (nSPS) is 15.8. The number of anilines is 1. The lowest BCUT2D eigenvalue weighted by Gasteiger charge is -2.35. The van der Waals surface area contributed by atoms with Crippen molar-refractivity contribution in [1.82, 2.24) is 15.5 Å². The summed E-state index contributed by atoms with van der Waals surface area (Å²) in [6.07, 6.45) is 0.968. The van der Waals surface area contributed by atoms with Crippen LogP contribution in [0.3, 0.4) is 0 Å². The number of carbonyl (C=O) groups is 1. The second-order valence-corrected chi connectivity index (χ2v) is 9.88. The highest BCUT2D eigenvalue weighted by atomic mass is 16.5. The Bertz CT molecular complexity index is 1490. The van der Waals surface area contributed by atoms with Gasteiger partial charge in [0.25, 0.3) is 5.89 Å². The molecule has 1 aromatic heterocycles. The zero-order chi connectivity index (χ0) is 26.3. The third-order valence-corrected chi connectivity index (χ3v) is 7.09. The predicted octanol–water partition coefficient (Wildman–Crippen LogP) is 7.23. The van der Waals surface area contributed by atoms with E-state index in [0.29, 0.717) is 11.7 Å². The number of aryl methyl sites for hydroxylation is 5. The lowest BCUT2D eigenvalue weighted by atomic mass is 9.92. The van der Waals surface area contributed by atoms with Gasteiger partial charge in [-0.15, -0.1) is 0 Å². The van der Waals surface area contributed by atoms with Crippen molar-refractivity contribution in [3.05, 3.63) is 106 Å². The molecular weight excluding hydrogens is 460 g/mol. The molecule has 0 radical (unpaired) electrons. The quantitative estimate of drug-likeness (QED) is 0.319. The topological polar surface area (TPSA) is 71.3 Å². The van der Waals surface area contributed by atoms with Gasteiger partial charge in [-0.2, -0.15) is 4.98 Å². The van der Waals surface area contributed by atoms with E-state index in [9.17, 15) is 4.79 Å². The predicted molar refractivity (Wildman–Crippen MR) is 147 cm³/mol. The van der Waals surface area contributed by atoms with E-state index in [1.807, 2.05) is 51.1 Å². The maximum Gasteiger partial charge on any atom is 0.326 e. The van der Waals surface area contributed by atoms with Crippen molar-refractivity contribution in [3.8, 4) is 11.4 Å². The molecule has 37 heavy (non-hydrogen) atoms. The largest absolute Gasteiger partial charge is 0.334 e. The lowest BCUT2D eigenvalue weighted by Crippen LogP contribution is -2.46. The van der Waals surface area contributed by atoms with Crippen molar-refractivity contribution in [2.45, 2.75) is 54.0 Å².